The number of rotatable bonds is 3. The van der Waals surface area contributed by atoms with Crippen LogP contribution in [0.5, 0.6) is 0 Å². The maximum absolute atomic E-state index is 12.0. The Morgan fingerprint density at radius 2 is 2.05 bits per heavy atom. The SMILES string of the molecule is CC1CCCC(NC(=O)CN2CC[C@@H](N)C2)C1C.Cl. The largest absolute Gasteiger partial charge is 0.352 e. The van der Waals surface area contributed by atoms with Gasteiger partial charge in [-0.15, -0.1) is 12.4 Å². The lowest BCUT2D eigenvalue weighted by Crippen LogP contribution is -2.47. The van der Waals surface area contributed by atoms with E-state index in [4.69, 9.17) is 5.73 Å². The van der Waals surface area contributed by atoms with Crippen LogP contribution in [0.25, 0.3) is 0 Å². The van der Waals surface area contributed by atoms with Gasteiger partial charge in [-0.25, -0.2) is 0 Å². The molecular weight excluding hydrogens is 262 g/mol. The molecule has 2 fully saturated rings. The Labute approximate surface area is 122 Å². The summed E-state index contributed by atoms with van der Waals surface area (Å²) in [6.07, 6.45) is 4.69. The van der Waals surface area contributed by atoms with Crippen LogP contribution in [0.2, 0.25) is 0 Å². The fourth-order valence-electron chi connectivity index (χ4n) is 3.25. The molecule has 2 rings (SSSR count). The van der Waals surface area contributed by atoms with Gasteiger partial charge in [0, 0.05) is 25.2 Å². The normalized spacial score (nSPS) is 35.7. The summed E-state index contributed by atoms with van der Waals surface area (Å²) in [6.45, 7) is 6.91. The first-order valence-corrected chi connectivity index (χ1v) is 7.33. The topological polar surface area (TPSA) is 58.4 Å². The summed E-state index contributed by atoms with van der Waals surface area (Å²) in [4.78, 5) is 14.2. The number of nitrogens with two attached hydrogens (primary N) is 1. The number of carbonyl (C=O) groups excluding carboxylic acids is 1. The van der Waals surface area contributed by atoms with Gasteiger partial charge in [-0.05, 0) is 24.7 Å². The quantitative estimate of drug-likeness (QED) is 0.825. The predicted octanol–water partition coefficient (Wildman–Crippen LogP) is 1.38. The molecule has 3 N–H and O–H groups in total. The molecule has 1 saturated heterocycles. The molecule has 4 atom stereocenters. The number of likely N-dealkylation sites (tertiary alicyclic amines) is 1. The van der Waals surface area contributed by atoms with Gasteiger partial charge in [0.05, 0.1) is 6.54 Å². The van der Waals surface area contributed by atoms with Crippen LogP contribution in [0.3, 0.4) is 0 Å². The van der Waals surface area contributed by atoms with Crippen LogP contribution in [0, 0.1) is 11.8 Å². The first-order chi connectivity index (χ1) is 8.56. The van der Waals surface area contributed by atoms with Gasteiger partial charge < -0.3 is 11.1 Å². The van der Waals surface area contributed by atoms with Crippen LogP contribution < -0.4 is 11.1 Å². The van der Waals surface area contributed by atoms with Crippen molar-refractivity contribution >= 4 is 18.3 Å². The molecule has 5 heteroatoms. The van der Waals surface area contributed by atoms with Gasteiger partial charge in [0.1, 0.15) is 0 Å². The molecule has 1 heterocycles. The summed E-state index contributed by atoms with van der Waals surface area (Å²) in [5.41, 5.74) is 5.85. The van der Waals surface area contributed by atoms with Crippen LogP contribution in [0.1, 0.15) is 39.5 Å². The third kappa shape index (κ3) is 4.62. The van der Waals surface area contributed by atoms with Crippen molar-refractivity contribution in [1.29, 1.82) is 0 Å². The molecule has 0 aromatic carbocycles. The average Bonchev–Trinajstić information content (AvgIpc) is 2.70. The molecule has 3 unspecified atom stereocenters. The second-order valence-electron chi connectivity index (χ2n) is 6.23. The molecular formula is C14H28ClN3O. The Kier molecular flexibility index (Phi) is 6.57. The summed E-state index contributed by atoms with van der Waals surface area (Å²) in [6, 6.07) is 0.629. The van der Waals surface area contributed by atoms with Crippen LogP contribution >= 0.6 is 12.4 Å². The van der Waals surface area contributed by atoms with Crippen LogP contribution in [-0.4, -0.2) is 42.5 Å². The van der Waals surface area contributed by atoms with E-state index >= 15 is 0 Å². The molecule has 0 spiro atoms. The molecule has 0 aromatic heterocycles. The number of amides is 1. The number of hydrogen-bond acceptors (Lipinski definition) is 3. The van der Waals surface area contributed by atoms with Crippen molar-refractivity contribution in [2.24, 2.45) is 17.6 Å². The second-order valence-corrected chi connectivity index (χ2v) is 6.23. The fourth-order valence-corrected chi connectivity index (χ4v) is 3.25. The highest BCUT2D eigenvalue weighted by Crippen LogP contribution is 2.29. The standard InChI is InChI=1S/C14H27N3O.ClH/c1-10-4-3-5-13(11(10)2)16-14(18)9-17-7-6-12(15)8-17;/h10-13H,3-9,15H2,1-2H3,(H,16,18);1H/t10?,11?,12-,13?;/m1./s1. The van der Waals surface area contributed by atoms with Gasteiger partial charge in [-0.1, -0.05) is 26.7 Å². The molecule has 1 aliphatic heterocycles. The third-order valence-electron chi connectivity index (χ3n) is 4.73. The second kappa shape index (κ2) is 7.46. The Morgan fingerprint density at radius 1 is 1.32 bits per heavy atom. The highest BCUT2D eigenvalue weighted by molar-refractivity contribution is 5.85. The molecule has 1 amide bonds. The van der Waals surface area contributed by atoms with E-state index in [2.05, 4.69) is 24.1 Å². The van der Waals surface area contributed by atoms with E-state index < -0.39 is 0 Å². The molecule has 4 nitrogen and oxygen atoms in total. The zero-order chi connectivity index (χ0) is 13.1. The van der Waals surface area contributed by atoms with Crippen molar-refractivity contribution in [1.82, 2.24) is 10.2 Å². The maximum atomic E-state index is 12.0. The number of nitrogens with zero attached hydrogens (tertiary/aromatic N) is 1. The zero-order valence-corrected chi connectivity index (χ0v) is 12.9. The number of hydrogen-bond donors (Lipinski definition) is 2. The van der Waals surface area contributed by atoms with Gasteiger partial charge in [-0.3, -0.25) is 9.69 Å². The van der Waals surface area contributed by atoms with E-state index in [1.165, 1.54) is 12.8 Å². The lowest BCUT2D eigenvalue weighted by Gasteiger charge is -2.35. The zero-order valence-electron chi connectivity index (χ0n) is 12.1. The molecule has 0 aromatic rings. The molecule has 112 valence electrons. The first kappa shape index (κ1) is 16.7. The Hall–Kier alpha value is -0.320. The minimum Gasteiger partial charge on any atom is -0.352 e. The number of halogens is 1. The maximum Gasteiger partial charge on any atom is 0.234 e. The van der Waals surface area contributed by atoms with Gasteiger partial charge in [0.25, 0.3) is 0 Å². The predicted molar refractivity (Wildman–Crippen MR) is 80.4 cm³/mol. The highest BCUT2D eigenvalue weighted by Gasteiger charge is 2.29. The molecule has 1 aliphatic carbocycles. The molecule has 19 heavy (non-hydrogen) atoms. The monoisotopic (exact) mass is 289 g/mol. The van der Waals surface area contributed by atoms with Crippen LogP contribution in [0.15, 0.2) is 0 Å². The van der Waals surface area contributed by atoms with Crippen molar-refractivity contribution in [2.45, 2.75) is 51.6 Å². The molecule has 0 bridgehead atoms. The van der Waals surface area contributed by atoms with Gasteiger partial charge in [-0.2, -0.15) is 0 Å². The average molecular weight is 290 g/mol. The van der Waals surface area contributed by atoms with Crippen molar-refractivity contribution in [2.75, 3.05) is 19.6 Å². The summed E-state index contributed by atoms with van der Waals surface area (Å²) >= 11 is 0. The number of carbonyl (C=O) groups is 1. The lowest BCUT2D eigenvalue weighted by atomic mass is 9.78. The highest BCUT2D eigenvalue weighted by atomic mass is 35.5. The van der Waals surface area contributed by atoms with E-state index in [9.17, 15) is 4.79 Å². The van der Waals surface area contributed by atoms with E-state index in [0.29, 0.717) is 18.5 Å². The van der Waals surface area contributed by atoms with Gasteiger partial charge in [0.2, 0.25) is 5.91 Å². The Bertz CT molecular complexity index is 300. The summed E-state index contributed by atoms with van der Waals surface area (Å²) in [7, 11) is 0. The van der Waals surface area contributed by atoms with Gasteiger partial charge >= 0.3 is 0 Å². The lowest BCUT2D eigenvalue weighted by molar-refractivity contribution is -0.123. The molecule has 2 aliphatic rings. The molecule has 1 saturated carbocycles. The fraction of sp³-hybridized carbons (Fsp3) is 0.929. The van der Waals surface area contributed by atoms with E-state index in [0.717, 1.165) is 31.8 Å². The third-order valence-corrected chi connectivity index (χ3v) is 4.73. The van der Waals surface area contributed by atoms with Crippen LogP contribution in [0.4, 0.5) is 0 Å². The first-order valence-electron chi connectivity index (χ1n) is 7.33. The summed E-state index contributed by atoms with van der Waals surface area (Å²) in [5, 5.41) is 3.22. The smallest absolute Gasteiger partial charge is 0.234 e. The van der Waals surface area contributed by atoms with Crippen molar-refractivity contribution in [3.63, 3.8) is 0 Å². The van der Waals surface area contributed by atoms with Crippen LogP contribution in [-0.2, 0) is 4.79 Å². The van der Waals surface area contributed by atoms with E-state index in [1.54, 1.807) is 0 Å². The minimum atomic E-state index is 0. The van der Waals surface area contributed by atoms with E-state index in [1.807, 2.05) is 0 Å². The Morgan fingerprint density at radius 3 is 2.68 bits per heavy atom. The summed E-state index contributed by atoms with van der Waals surface area (Å²) in [5.74, 6) is 1.50. The summed E-state index contributed by atoms with van der Waals surface area (Å²) < 4.78 is 0. The van der Waals surface area contributed by atoms with Crippen molar-refractivity contribution in [3.8, 4) is 0 Å². The van der Waals surface area contributed by atoms with Gasteiger partial charge in [0.15, 0.2) is 0 Å². The van der Waals surface area contributed by atoms with E-state index in [-0.39, 0.29) is 24.4 Å². The molecule has 0 radical (unpaired) electrons. The number of nitrogens with one attached hydrogen (secondary N) is 1. The van der Waals surface area contributed by atoms with Crippen molar-refractivity contribution in [3.05, 3.63) is 0 Å². The minimum absolute atomic E-state index is 0. The van der Waals surface area contributed by atoms with Crippen molar-refractivity contribution < 1.29 is 4.79 Å². The Balaban J connectivity index is 0.00000180.